The molecule has 0 bridgehead atoms. The van der Waals surface area contributed by atoms with Gasteiger partial charge in [0.15, 0.2) is 5.79 Å². The van der Waals surface area contributed by atoms with Crippen LogP contribution in [0.15, 0.2) is 60.7 Å². The fraction of sp³-hybridized carbons (Fsp3) is 0.658. The van der Waals surface area contributed by atoms with E-state index in [0.29, 0.717) is 19.4 Å². The van der Waals surface area contributed by atoms with Crippen molar-refractivity contribution in [2.24, 2.45) is 17.3 Å². The monoisotopic (exact) mass is 626 g/mol. The highest BCUT2D eigenvalue weighted by Gasteiger charge is 2.51. The number of aliphatic hydroxyl groups excluding tert-OH is 1. The molecule has 1 aliphatic heterocycles. The molecule has 0 spiro atoms. The number of aliphatic hydroxyl groups is 1. The highest BCUT2D eigenvalue weighted by molar-refractivity contribution is 6.99. The summed E-state index contributed by atoms with van der Waals surface area (Å²) in [5, 5.41) is 14.0. The molecule has 1 fully saturated rings. The van der Waals surface area contributed by atoms with Crippen LogP contribution in [0.4, 0.5) is 0 Å². The molecule has 0 radical (unpaired) electrons. The molecule has 0 aliphatic carbocycles. The summed E-state index contributed by atoms with van der Waals surface area (Å²) < 4.78 is 19.1. The fourth-order valence-electron chi connectivity index (χ4n) is 6.92. The minimum Gasteiger partial charge on any atom is -0.405 e. The lowest BCUT2D eigenvalue weighted by atomic mass is 9.71. The van der Waals surface area contributed by atoms with Gasteiger partial charge in [0.05, 0.1) is 24.2 Å². The second-order valence-electron chi connectivity index (χ2n) is 14.7. The maximum atomic E-state index is 13.9. The van der Waals surface area contributed by atoms with Gasteiger partial charge in [-0.15, -0.1) is 0 Å². The zero-order chi connectivity index (χ0) is 32.1. The van der Waals surface area contributed by atoms with E-state index in [1.807, 2.05) is 34.6 Å². The van der Waals surface area contributed by atoms with Crippen molar-refractivity contribution in [1.82, 2.24) is 0 Å². The van der Waals surface area contributed by atoms with Crippen LogP contribution in [0.2, 0.25) is 5.04 Å². The molecule has 248 valence electrons. The molecular formula is C38H62O5Si. The van der Waals surface area contributed by atoms with Gasteiger partial charge in [-0.1, -0.05) is 123 Å². The lowest BCUT2D eigenvalue weighted by molar-refractivity contribution is -0.289. The first-order valence-electron chi connectivity index (χ1n) is 16.4. The van der Waals surface area contributed by atoms with Crippen LogP contribution in [0.25, 0.3) is 0 Å². The summed E-state index contributed by atoms with van der Waals surface area (Å²) in [6.45, 7) is 21.5. The standard InChI is InChI=1S/C37H58O5Si.CH4/c1-11-31(34(39)36(7,8)32-25-26-40-37(9,10)41-32)33(38)27(2)19-18-20-28(3)42-43(35(4,5)6,29-21-14-12-15-22-29)30-23-16-13-17-24-30;/h12-17,21-24,27-28,31-33,38H,11,18-20,25-26H2,1-10H3;1H4/t27-,28?,31?,32?,33+;/m0./s1. The molecule has 1 heterocycles. The predicted octanol–water partition coefficient (Wildman–Crippen LogP) is 7.92. The van der Waals surface area contributed by atoms with Gasteiger partial charge in [-0.3, -0.25) is 4.79 Å². The van der Waals surface area contributed by atoms with E-state index < -0.39 is 31.5 Å². The number of ether oxygens (including phenoxy) is 2. The Kier molecular flexibility index (Phi) is 13.6. The van der Waals surface area contributed by atoms with Crippen molar-refractivity contribution < 1.29 is 23.8 Å². The summed E-state index contributed by atoms with van der Waals surface area (Å²) in [6.07, 6.45) is 3.04. The number of rotatable bonds is 14. The van der Waals surface area contributed by atoms with Crippen LogP contribution in [0.1, 0.15) is 109 Å². The Morgan fingerprint density at radius 1 is 0.977 bits per heavy atom. The molecule has 5 atom stereocenters. The van der Waals surface area contributed by atoms with Crippen LogP contribution in [0.5, 0.6) is 0 Å². The molecule has 6 heteroatoms. The smallest absolute Gasteiger partial charge is 0.261 e. The van der Waals surface area contributed by atoms with Gasteiger partial charge >= 0.3 is 0 Å². The van der Waals surface area contributed by atoms with E-state index >= 15 is 0 Å². The number of carbonyl (C=O) groups is 1. The average molecular weight is 627 g/mol. The minimum absolute atomic E-state index is 0. The fourth-order valence-corrected chi connectivity index (χ4v) is 11.7. The van der Waals surface area contributed by atoms with Crippen molar-refractivity contribution in [2.75, 3.05) is 6.61 Å². The Balaban J connectivity index is 0.00000675. The maximum absolute atomic E-state index is 13.9. The topological polar surface area (TPSA) is 65.0 Å². The van der Waals surface area contributed by atoms with E-state index in [4.69, 9.17) is 13.9 Å². The van der Waals surface area contributed by atoms with Gasteiger partial charge in [0.1, 0.15) is 5.78 Å². The lowest BCUT2D eigenvalue weighted by Crippen LogP contribution is -2.67. The number of carbonyl (C=O) groups excluding carboxylic acids is 1. The van der Waals surface area contributed by atoms with Crippen molar-refractivity contribution in [3.05, 3.63) is 60.7 Å². The van der Waals surface area contributed by atoms with Gasteiger partial charge in [0.25, 0.3) is 8.32 Å². The zero-order valence-corrected chi connectivity index (χ0v) is 29.5. The molecule has 1 saturated heterocycles. The zero-order valence-electron chi connectivity index (χ0n) is 28.5. The number of ketones is 1. The lowest BCUT2D eigenvalue weighted by Gasteiger charge is -2.45. The third-order valence-electron chi connectivity index (χ3n) is 9.53. The van der Waals surface area contributed by atoms with E-state index in [-0.39, 0.29) is 36.4 Å². The second-order valence-corrected chi connectivity index (χ2v) is 19.0. The maximum Gasteiger partial charge on any atom is 0.261 e. The van der Waals surface area contributed by atoms with Crippen molar-refractivity contribution in [3.63, 3.8) is 0 Å². The Morgan fingerprint density at radius 2 is 1.50 bits per heavy atom. The van der Waals surface area contributed by atoms with E-state index in [1.54, 1.807) is 0 Å². The SMILES string of the molecule is C.CCC(C(=O)C(C)(C)C1CCOC(C)(C)O1)[C@H](O)[C@@H](C)CCCC(C)O[Si](c1ccccc1)(c1ccccc1)C(C)(C)C. The third kappa shape index (κ3) is 8.70. The normalized spacial score (nSPS) is 20.2. The van der Waals surface area contributed by atoms with Crippen LogP contribution in [-0.2, 0) is 18.7 Å². The molecule has 1 N–H and O–H groups in total. The largest absolute Gasteiger partial charge is 0.405 e. The molecule has 0 saturated carbocycles. The molecule has 2 aromatic rings. The number of hydrogen-bond donors (Lipinski definition) is 1. The summed E-state index contributed by atoms with van der Waals surface area (Å²) in [5.74, 6) is -1.05. The van der Waals surface area contributed by atoms with Crippen LogP contribution >= 0.6 is 0 Å². The molecule has 1 aliphatic rings. The van der Waals surface area contributed by atoms with Crippen molar-refractivity contribution in [1.29, 1.82) is 0 Å². The number of Topliss-reactive ketones (excluding diaryl/α,β-unsaturated/α-hetero) is 1. The number of hydrogen-bond acceptors (Lipinski definition) is 5. The number of benzene rings is 2. The first kappa shape index (κ1) is 38.4. The molecule has 0 amide bonds. The highest BCUT2D eigenvalue weighted by Crippen LogP contribution is 2.40. The molecule has 2 aromatic carbocycles. The third-order valence-corrected chi connectivity index (χ3v) is 14.7. The summed E-state index contributed by atoms with van der Waals surface area (Å²) in [7, 11) is -2.61. The molecule has 3 rings (SSSR count). The predicted molar refractivity (Wildman–Crippen MR) is 186 cm³/mol. The Labute approximate surface area is 270 Å². The summed E-state index contributed by atoms with van der Waals surface area (Å²) >= 11 is 0. The molecule has 44 heavy (non-hydrogen) atoms. The van der Waals surface area contributed by atoms with Crippen LogP contribution < -0.4 is 10.4 Å². The van der Waals surface area contributed by atoms with Crippen LogP contribution in [-0.4, -0.2) is 49.9 Å². The summed E-state index contributed by atoms with van der Waals surface area (Å²) in [5.41, 5.74) is -0.708. The summed E-state index contributed by atoms with van der Waals surface area (Å²) in [6, 6.07) is 21.5. The van der Waals surface area contributed by atoms with E-state index in [2.05, 4.69) is 95.3 Å². The average Bonchev–Trinajstić information content (AvgIpc) is 2.95. The van der Waals surface area contributed by atoms with Gasteiger partial charge in [-0.05, 0) is 67.8 Å². The van der Waals surface area contributed by atoms with Gasteiger partial charge in [0, 0.05) is 12.0 Å². The summed E-state index contributed by atoms with van der Waals surface area (Å²) in [4.78, 5) is 13.9. The van der Waals surface area contributed by atoms with Crippen LogP contribution in [0, 0.1) is 17.3 Å². The van der Waals surface area contributed by atoms with Crippen molar-refractivity contribution in [2.45, 2.75) is 138 Å². The van der Waals surface area contributed by atoms with E-state index in [9.17, 15) is 9.90 Å². The van der Waals surface area contributed by atoms with Crippen LogP contribution in [0.3, 0.4) is 0 Å². The van der Waals surface area contributed by atoms with Crippen molar-refractivity contribution >= 4 is 24.5 Å². The first-order chi connectivity index (χ1) is 20.1. The molecule has 3 unspecified atom stereocenters. The minimum atomic E-state index is -2.61. The second kappa shape index (κ2) is 15.6. The van der Waals surface area contributed by atoms with Gasteiger partial charge in [0.2, 0.25) is 0 Å². The Morgan fingerprint density at radius 3 is 1.95 bits per heavy atom. The van der Waals surface area contributed by atoms with Gasteiger partial charge < -0.3 is 19.0 Å². The van der Waals surface area contributed by atoms with Crippen molar-refractivity contribution in [3.8, 4) is 0 Å². The molecule has 5 nitrogen and oxygen atoms in total. The molecular weight excluding hydrogens is 564 g/mol. The van der Waals surface area contributed by atoms with Gasteiger partial charge in [-0.25, -0.2) is 0 Å². The van der Waals surface area contributed by atoms with Gasteiger partial charge in [-0.2, -0.15) is 0 Å². The van der Waals surface area contributed by atoms with E-state index in [0.717, 1.165) is 19.3 Å². The first-order valence-corrected chi connectivity index (χ1v) is 18.3. The Bertz CT molecular complexity index is 1100. The van der Waals surface area contributed by atoms with E-state index in [1.165, 1.54) is 10.4 Å². The quantitative estimate of drug-likeness (QED) is 0.216. The Hall–Kier alpha value is -1.83. The highest BCUT2D eigenvalue weighted by atomic mass is 28.4. The molecule has 0 aromatic heterocycles.